The van der Waals surface area contributed by atoms with Gasteiger partial charge in [-0.1, -0.05) is 12.8 Å². The molecule has 0 amide bonds. The van der Waals surface area contributed by atoms with E-state index >= 15 is 0 Å². The van der Waals surface area contributed by atoms with Crippen LogP contribution in [-0.4, -0.2) is 25.5 Å². The third kappa shape index (κ3) is 3.84. The van der Waals surface area contributed by atoms with Gasteiger partial charge < -0.3 is 5.11 Å². The third-order valence-corrected chi connectivity index (χ3v) is 6.47. The van der Waals surface area contributed by atoms with Gasteiger partial charge in [-0.15, -0.1) is 0 Å². The van der Waals surface area contributed by atoms with Crippen LogP contribution < -0.4 is 4.72 Å². The molecule has 0 spiro atoms. The van der Waals surface area contributed by atoms with Crippen LogP contribution in [0.1, 0.15) is 43.0 Å². The molecule has 0 unspecified atom stereocenters. The minimum Gasteiger partial charge on any atom is -0.478 e. The molecule has 2 rings (SSSR count). The normalized spacial score (nSPS) is 17.8. The number of sulfonamides is 1. The van der Waals surface area contributed by atoms with Crippen molar-refractivity contribution in [3.63, 3.8) is 0 Å². The lowest BCUT2D eigenvalue weighted by Gasteiger charge is -2.20. The summed E-state index contributed by atoms with van der Waals surface area (Å²) in [5.41, 5.74) is -0.0490. The second-order valence-corrected chi connectivity index (χ2v) is 7.94. The number of hydrogen-bond donors (Lipinski definition) is 2. The molecular formula is C14H18BrNO4S. The Balaban J connectivity index is 2.26. The van der Waals surface area contributed by atoms with Crippen LogP contribution in [0.25, 0.3) is 0 Å². The SMILES string of the molecule is C[C@H](NS(=O)(=O)c1cc(C(=O)O)ccc1Br)C1CCCC1. The molecule has 5 nitrogen and oxygen atoms in total. The summed E-state index contributed by atoms with van der Waals surface area (Å²) in [5.74, 6) is -0.802. The summed E-state index contributed by atoms with van der Waals surface area (Å²) in [7, 11) is -3.74. The van der Waals surface area contributed by atoms with Crippen LogP contribution in [0.2, 0.25) is 0 Å². The first kappa shape index (κ1) is 16.5. The molecule has 0 radical (unpaired) electrons. The van der Waals surface area contributed by atoms with E-state index in [9.17, 15) is 13.2 Å². The molecule has 21 heavy (non-hydrogen) atoms. The number of carbonyl (C=O) groups is 1. The molecule has 0 aliphatic heterocycles. The van der Waals surface area contributed by atoms with E-state index in [0.717, 1.165) is 25.7 Å². The Morgan fingerprint density at radius 2 is 2.00 bits per heavy atom. The van der Waals surface area contributed by atoms with Crippen LogP contribution in [0.3, 0.4) is 0 Å². The van der Waals surface area contributed by atoms with Gasteiger partial charge in [0.2, 0.25) is 10.0 Å². The van der Waals surface area contributed by atoms with Gasteiger partial charge in [0.05, 0.1) is 10.5 Å². The van der Waals surface area contributed by atoms with Crippen LogP contribution in [-0.2, 0) is 10.0 Å². The van der Waals surface area contributed by atoms with Gasteiger partial charge >= 0.3 is 5.97 Å². The van der Waals surface area contributed by atoms with Gasteiger partial charge in [0.1, 0.15) is 0 Å². The second kappa shape index (κ2) is 6.46. The Morgan fingerprint density at radius 3 is 2.57 bits per heavy atom. The number of nitrogens with one attached hydrogen (secondary N) is 1. The topological polar surface area (TPSA) is 83.5 Å². The Morgan fingerprint density at radius 1 is 1.38 bits per heavy atom. The number of aromatic carboxylic acids is 1. The fourth-order valence-corrected chi connectivity index (χ4v) is 5.01. The zero-order chi connectivity index (χ0) is 15.6. The fourth-order valence-electron chi connectivity index (χ4n) is 2.70. The van der Waals surface area contributed by atoms with E-state index in [-0.39, 0.29) is 16.5 Å². The molecule has 7 heteroatoms. The van der Waals surface area contributed by atoms with Crippen molar-refractivity contribution in [1.82, 2.24) is 4.72 Å². The van der Waals surface area contributed by atoms with E-state index in [1.165, 1.54) is 18.2 Å². The maximum absolute atomic E-state index is 12.5. The minimum absolute atomic E-state index is 0.0350. The molecule has 1 aliphatic rings. The van der Waals surface area contributed by atoms with Crippen molar-refractivity contribution < 1.29 is 18.3 Å². The van der Waals surface area contributed by atoms with E-state index in [1.807, 2.05) is 6.92 Å². The highest BCUT2D eigenvalue weighted by Gasteiger charge is 2.27. The highest BCUT2D eigenvalue weighted by molar-refractivity contribution is 9.10. The van der Waals surface area contributed by atoms with Crippen LogP contribution in [0.5, 0.6) is 0 Å². The number of carboxylic acid groups (broad SMARTS) is 1. The lowest BCUT2D eigenvalue weighted by atomic mass is 10.0. The molecule has 0 aromatic heterocycles. The average molecular weight is 376 g/mol. The van der Waals surface area contributed by atoms with E-state index in [1.54, 1.807) is 0 Å². The predicted molar refractivity (Wildman–Crippen MR) is 82.8 cm³/mol. The molecule has 1 atom stereocenters. The van der Waals surface area contributed by atoms with Crippen molar-refractivity contribution >= 4 is 31.9 Å². The van der Waals surface area contributed by atoms with Crippen LogP contribution in [0.4, 0.5) is 0 Å². The van der Waals surface area contributed by atoms with Gasteiger partial charge in [-0.25, -0.2) is 17.9 Å². The van der Waals surface area contributed by atoms with Gasteiger partial charge in [0, 0.05) is 10.5 Å². The molecule has 0 bridgehead atoms. The number of halogens is 1. The van der Waals surface area contributed by atoms with Crippen LogP contribution >= 0.6 is 15.9 Å². The number of hydrogen-bond acceptors (Lipinski definition) is 3. The second-order valence-electron chi connectivity index (χ2n) is 5.40. The summed E-state index contributed by atoms with van der Waals surface area (Å²) < 4.78 is 28.0. The van der Waals surface area contributed by atoms with E-state index in [0.29, 0.717) is 10.4 Å². The molecule has 1 aromatic rings. The first-order valence-electron chi connectivity index (χ1n) is 6.86. The van der Waals surface area contributed by atoms with Crippen molar-refractivity contribution in [3.8, 4) is 0 Å². The molecule has 0 heterocycles. The van der Waals surface area contributed by atoms with Crippen molar-refractivity contribution in [2.45, 2.75) is 43.5 Å². The van der Waals surface area contributed by atoms with E-state index < -0.39 is 16.0 Å². The summed E-state index contributed by atoms with van der Waals surface area (Å²) in [6.07, 6.45) is 4.32. The molecule has 116 valence electrons. The summed E-state index contributed by atoms with van der Waals surface area (Å²) in [5, 5.41) is 8.99. The van der Waals surface area contributed by atoms with Gasteiger partial charge in [-0.2, -0.15) is 0 Å². The first-order valence-corrected chi connectivity index (χ1v) is 9.14. The summed E-state index contributed by atoms with van der Waals surface area (Å²) in [4.78, 5) is 11.0. The summed E-state index contributed by atoms with van der Waals surface area (Å²) >= 11 is 3.18. The van der Waals surface area contributed by atoms with Crippen molar-refractivity contribution in [1.29, 1.82) is 0 Å². The van der Waals surface area contributed by atoms with Crippen molar-refractivity contribution in [3.05, 3.63) is 28.2 Å². The quantitative estimate of drug-likeness (QED) is 0.828. The lowest BCUT2D eigenvalue weighted by Crippen LogP contribution is -2.37. The average Bonchev–Trinajstić information content (AvgIpc) is 2.92. The molecular weight excluding hydrogens is 358 g/mol. The number of carboxylic acids is 1. The largest absolute Gasteiger partial charge is 0.478 e. The first-order chi connectivity index (χ1) is 9.81. The maximum atomic E-state index is 12.5. The Kier molecular flexibility index (Phi) is 5.06. The maximum Gasteiger partial charge on any atom is 0.335 e. The Labute approximate surface area is 132 Å². The van der Waals surface area contributed by atoms with Gasteiger partial charge in [0.25, 0.3) is 0 Å². The Bertz CT molecular complexity index is 638. The summed E-state index contributed by atoms with van der Waals surface area (Å²) in [6.45, 7) is 1.86. The fraction of sp³-hybridized carbons (Fsp3) is 0.500. The number of benzene rings is 1. The zero-order valence-electron chi connectivity index (χ0n) is 11.7. The summed E-state index contributed by atoms with van der Waals surface area (Å²) in [6, 6.07) is 3.83. The monoisotopic (exact) mass is 375 g/mol. The highest BCUT2D eigenvalue weighted by Crippen LogP contribution is 2.29. The molecule has 0 saturated heterocycles. The van der Waals surface area contributed by atoms with Crippen molar-refractivity contribution in [2.75, 3.05) is 0 Å². The van der Waals surface area contributed by atoms with Crippen molar-refractivity contribution in [2.24, 2.45) is 5.92 Å². The van der Waals surface area contributed by atoms with Crippen LogP contribution in [0.15, 0.2) is 27.6 Å². The highest BCUT2D eigenvalue weighted by atomic mass is 79.9. The zero-order valence-corrected chi connectivity index (χ0v) is 14.1. The lowest BCUT2D eigenvalue weighted by molar-refractivity contribution is 0.0696. The van der Waals surface area contributed by atoms with Crippen LogP contribution in [0, 0.1) is 5.92 Å². The standard InChI is InChI=1S/C14H18BrNO4S/c1-9(10-4-2-3-5-10)16-21(19,20)13-8-11(14(17)18)6-7-12(13)15/h6-10,16H,2-5H2,1H3,(H,17,18)/t9-/m0/s1. The van der Waals surface area contributed by atoms with Gasteiger partial charge in [-0.3, -0.25) is 0 Å². The van der Waals surface area contributed by atoms with Gasteiger partial charge in [0.15, 0.2) is 0 Å². The van der Waals surface area contributed by atoms with E-state index in [2.05, 4.69) is 20.7 Å². The Hall–Kier alpha value is -0.920. The number of rotatable bonds is 5. The van der Waals surface area contributed by atoms with Gasteiger partial charge in [-0.05, 0) is 59.8 Å². The smallest absolute Gasteiger partial charge is 0.335 e. The van der Waals surface area contributed by atoms with E-state index in [4.69, 9.17) is 5.11 Å². The molecule has 1 aromatic carbocycles. The minimum atomic E-state index is -3.74. The molecule has 1 fully saturated rings. The molecule has 1 aliphatic carbocycles. The molecule has 1 saturated carbocycles. The molecule has 2 N–H and O–H groups in total. The predicted octanol–water partition coefficient (Wildman–Crippen LogP) is 3.00. The third-order valence-electron chi connectivity index (χ3n) is 3.92.